The number of alkyl carbamates (subject to hydrolysis) is 1. The minimum absolute atomic E-state index is 0.107. The largest absolute Gasteiger partial charge is 0.465 e. The second kappa shape index (κ2) is 16.6. The first-order valence-corrected chi connectivity index (χ1v) is 18.7. The van der Waals surface area contributed by atoms with Gasteiger partial charge >= 0.3 is 12.2 Å². The number of carbonyl (C=O) groups is 4. The molecule has 6 rings (SSSR count). The standard InChI is InChI=1S/C40H50N8O6/c1-6-9-33(46(4)40(52)53)37(49)47-20-7-10-31(47)35-41-22-29(43-35)27-16-12-25(13-17-27)26-14-18-28(19-15-26)30-23-42-36(44-30)32-11-8-21-48(32)38(50)34(24(2)3)45-39(51)54-5/h12-19,22-24,31-34H,6-11,20-21H2,1-5H3,(H,41,43)(H,42,44)(H,45,51)(H,52,53)/t31-,32-,33-,34-/m0/s1. The van der Waals surface area contributed by atoms with Crippen LogP contribution in [0.4, 0.5) is 9.59 Å². The Morgan fingerprint density at radius 1 is 0.833 bits per heavy atom. The highest BCUT2D eigenvalue weighted by Crippen LogP contribution is 2.35. The number of methoxy groups -OCH3 is 1. The van der Waals surface area contributed by atoms with Gasteiger partial charge in [-0.3, -0.25) is 14.5 Å². The summed E-state index contributed by atoms with van der Waals surface area (Å²) in [6.07, 6.45) is 6.22. The second-order valence-electron chi connectivity index (χ2n) is 14.5. The molecule has 2 fully saturated rings. The molecule has 0 spiro atoms. The van der Waals surface area contributed by atoms with Gasteiger partial charge in [-0.15, -0.1) is 0 Å². The molecule has 0 aliphatic carbocycles. The summed E-state index contributed by atoms with van der Waals surface area (Å²) in [5.41, 5.74) is 5.73. The Hall–Kier alpha value is -5.66. The van der Waals surface area contributed by atoms with Crippen molar-refractivity contribution in [3.8, 4) is 33.6 Å². The van der Waals surface area contributed by atoms with Crippen LogP contribution in [0.2, 0.25) is 0 Å². The van der Waals surface area contributed by atoms with E-state index in [9.17, 15) is 24.3 Å². The number of rotatable bonds is 12. The van der Waals surface area contributed by atoms with Crippen LogP contribution in [-0.4, -0.2) is 103 Å². The molecule has 2 aromatic carbocycles. The van der Waals surface area contributed by atoms with Crippen molar-refractivity contribution in [2.45, 2.75) is 83.5 Å². The Morgan fingerprint density at radius 2 is 1.30 bits per heavy atom. The fraction of sp³-hybridized carbons (Fsp3) is 0.450. The van der Waals surface area contributed by atoms with E-state index < -0.39 is 24.3 Å². The van der Waals surface area contributed by atoms with E-state index in [1.54, 1.807) is 22.2 Å². The first kappa shape index (κ1) is 38.1. The van der Waals surface area contributed by atoms with Crippen molar-refractivity contribution in [2.24, 2.45) is 5.92 Å². The second-order valence-corrected chi connectivity index (χ2v) is 14.5. The number of hydrogen-bond acceptors (Lipinski definition) is 7. The van der Waals surface area contributed by atoms with E-state index >= 15 is 0 Å². The summed E-state index contributed by atoms with van der Waals surface area (Å²) in [4.78, 5) is 71.5. The number of imidazole rings is 2. The Morgan fingerprint density at radius 3 is 1.72 bits per heavy atom. The van der Waals surface area contributed by atoms with Gasteiger partial charge in [-0.2, -0.15) is 0 Å². The lowest BCUT2D eigenvalue weighted by Crippen LogP contribution is -2.51. The molecular weight excluding hydrogens is 688 g/mol. The molecule has 4 heterocycles. The number of benzene rings is 2. The number of carboxylic acid groups (broad SMARTS) is 1. The third-order valence-electron chi connectivity index (χ3n) is 10.6. The monoisotopic (exact) mass is 738 g/mol. The molecule has 4 atom stereocenters. The van der Waals surface area contributed by atoms with E-state index in [4.69, 9.17) is 4.74 Å². The van der Waals surface area contributed by atoms with Crippen molar-refractivity contribution in [3.05, 3.63) is 72.6 Å². The topological polar surface area (TPSA) is 177 Å². The number of likely N-dealkylation sites (tertiary alicyclic amines) is 2. The van der Waals surface area contributed by atoms with Gasteiger partial charge in [0.05, 0.1) is 43.0 Å². The van der Waals surface area contributed by atoms with Gasteiger partial charge in [0, 0.05) is 20.1 Å². The van der Waals surface area contributed by atoms with Crippen LogP contribution < -0.4 is 5.32 Å². The molecule has 2 saturated heterocycles. The number of amides is 4. The van der Waals surface area contributed by atoms with Crippen LogP contribution in [0.3, 0.4) is 0 Å². The van der Waals surface area contributed by atoms with E-state index in [1.807, 2.05) is 45.0 Å². The molecule has 4 aromatic rings. The van der Waals surface area contributed by atoms with Crippen molar-refractivity contribution in [1.82, 2.24) is 40.0 Å². The highest BCUT2D eigenvalue weighted by molar-refractivity contribution is 5.87. The van der Waals surface area contributed by atoms with Gasteiger partial charge in [0.2, 0.25) is 11.8 Å². The van der Waals surface area contributed by atoms with Crippen LogP contribution in [0.25, 0.3) is 33.6 Å². The maximum absolute atomic E-state index is 13.5. The maximum atomic E-state index is 13.5. The SMILES string of the molecule is CCC[C@@H](C(=O)N1CCC[C@H]1c1ncc(-c2ccc(-c3ccc(-c4cnc([C@@H]5CCCN5C(=O)[C@@H](NC(=O)OC)C(C)C)[nH]4)cc3)cc2)[nH]1)N(C)C(=O)O. The quantitative estimate of drug-likeness (QED) is 0.125. The lowest BCUT2D eigenvalue weighted by molar-refractivity contribution is -0.137. The van der Waals surface area contributed by atoms with E-state index in [1.165, 1.54) is 14.2 Å². The third-order valence-corrected chi connectivity index (χ3v) is 10.6. The van der Waals surface area contributed by atoms with Crippen LogP contribution >= 0.6 is 0 Å². The van der Waals surface area contributed by atoms with Gasteiger partial charge in [0.25, 0.3) is 0 Å². The smallest absolute Gasteiger partial charge is 0.407 e. The summed E-state index contributed by atoms with van der Waals surface area (Å²) in [6, 6.07) is 14.6. The summed E-state index contributed by atoms with van der Waals surface area (Å²) in [6.45, 7) is 6.90. The summed E-state index contributed by atoms with van der Waals surface area (Å²) < 4.78 is 4.75. The summed E-state index contributed by atoms with van der Waals surface area (Å²) >= 11 is 0. The van der Waals surface area contributed by atoms with Gasteiger partial charge in [0.1, 0.15) is 23.7 Å². The Balaban J connectivity index is 1.11. The number of likely N-dealkylation sites (N-methyl/N-ethyl adjacent to an activating group) is 1. The predicted molar refractivity (Wildman–Crippen MR) is 203 cm³/mol. The number of aromatic amines is 2. The van der Waals surface area contributed by atoms with E-state index in [0.29, 0.717) is 31.8 Å². The molecule has 2 aliphatic heterocycles. The van der Waals surface area contributed by atoms with Gasteiger partial charge in [-0.25, -0.2) is 19.6 Å². The number of H-pyrrole nitrogens is 2. The minimum Gasteiger partial charge on any atom is -0.465 e. The number of aromatic nitrogens is 4. The van der Waals surface area contributed by atoms with E-state index in [-0.39, 0.29) is 29.8 Å². The molecular formula is C40H50N8O6. The highest BCUT2D eigenvalue weighted by Gasteiger charge is 2.39. The van der Waals surface area contributed by atoms with Crippen LogP contribution in [-0.2, 0) is 14.3 Å². The van der Waals surface area contributed by atoms with Crippen LogP contribution in [0, 0.1) is 5.92 Å². The number of ether oxygens (including phenoxy) is 1. The van der Waals surface area contributed by atoms with Gasteiger partial charge in [-0.1, -0.05) is 75.7 Å². The zero-order chi connectivity index (χ0) is 38.5. The first-order chi connectivity index (χ1) is 26.0. The minimum atomic E-state index is -1.11. The zero-order valence-electron chi connectivity index (χ0n) is 31.5. The molecule has 4 amide bonds. The average Bonchev–Trinajstić information content (AvgIpc) is 4.02. The molecule has 14 heteroatoms. The highest BCUT2D eigenvalue weighted by atomic mass is 16.5. The molecule has 0 saturated carbocycles. The van der Waals surface area contributed by atoms with Gasteiger partial charge < -0.3 is 34.9 Å². The Kier molecular flexibility index (Phi) is 11.7. The number of carbonyl (C=O) groups excluding carboxylic acids is 3. The van der Waals surface area contributed by atoms with E-state index in [0.717, 1.165) is 70.0 Å². The maximum Gasteiger partial charge on any atom is 0.407 e. The van der Waals surface area contributed by atoms with Crippen molar-refractivity contribution < 1.29 is 29.0 Å². The summed E-state index contributed by atoms with van der Waals surface area (Å²) in [7, 11) is 2.74. The number of nitrogens with zero attached hydrogens (tertiary/aromatic N) is 5. The molecule has 0 bridgehead atoms. The molecule has 0 radical (unpaired) electrons. The molecule has 14 nitrogen and oxygen atoms in total. The fourth-order valence-electron chi connectivity index (χ4n) is 7.58. The van der Waals surface area contributed by atoms with Gasteiger partial charge in [-0.05, 0) is 60.3 Å². The zero-order valence-corrected chi connectivity index (χ0v) is 31.5. The number of hydrogen-bond donors (Lipinski definition) is 4. The lowest BCUT2D eigenvalue weighted by atomic mass is 10.0. The molecule has 2 aromatic heterocycles. The normalized spacial score (nSPS) is 18.1. The van der Waals surface area contributed by atoms with Crippen molar-refractivity contribution in [1.29, 1.82) is 0 Å². The third kappa shape index (κ3) is 7.97. The lowest BCUT2D eigenvalue weighted by Gasteiger charge is -2.31. The van der Waals surface area contributed by atoms with Crippen LogP contribution in [0.5, 0.6) is 0 Å². The molecule has 286 valence electrons. The molecule has 54 heavy (non-hydrogen) atoms. The van der Waals surface area contributed by atoms with Crippen molar-refractivity contribution in [2.75, 3.05) is 27.2 Å². The Bertz CT molecular complexity index is 1940. The Labute approximate surface area is 315 Å². The molecule has 4 N–H and O–H groups in total. The van der Waals surface area contributed by atoms with Crippen molar-refractivity contribution >= 4 is 24.0 Å². The van der Waals surface area contributed by atoms with Crippen molar-refractivity contribution in [3.63, 3.8) is 0 Å². The van der Waals surface area contributed by atoms with Gasteiger partial charge in [0.15, 0.2) is 0 Å². The molecule has 0 unspecified atom stereocenters. The van der Waals surface area contributed by atoms with Crippen LogP contribution in [0.1, 0.15) is 83.0 Å². The summed E-state index contributed by atoms with van der Waals surface area (Å²) in [5.74, 6) is 0.994. The summed E-state index contributed by atoms with van der Waals surface area (Å²) in [5, 5.41) is 12.2. The average molecular weight is 739 g/mol. The van der Waals surface area contributed by atoms with Crippen LogP contribution in [0.15, 0.2) is 60.9 Å². The first-order valence-electron chi connectivity index (χ1n) is 18.7. The van der Waals surface area contributed by atoms with E-state index in [2.05, 4.69) is 49.5 Å². The molecule has 2 aliphatic rings. The fourth-order valence-corrected chi connectivity index (χ4v) is 7.58. The number of nitrogens with one attached hydrogen (secondary N) is 3. The predicted octanol–water partition coefficient (Wildman–Crippen LogP) is 6.62.